The molecule has 1 aliphatic rings. The van der Waals surface area contributed by atoms with Gasteiger partial charge in [-0.1, -0.05) is 0 Å². The highest BCUT2D eigenvalue weighted by atomic mass is 32.2. The van der Waals surface area contributed by atoms with Crippen LogP contribution in [0.5, 0.6) is 0 Å². The van der Waals surface area contributed by atoms with Gasteiger partial charge in [0.2, 0.25) is 0 Å². The minimum atomic E-state index is -2.84. The van der Waals surface area contributed by atoms with Crippen molar-refractivity contribution in [1.82, 2.24) is 9.78 Å². The summed E-state index contributed by atoms with van der Waals surface area (Å²) in [5.41, 5.74) is 6.05. The highest BCUT2D eigenvalue weighted by molar-refractivity contribution is 7.91. The van der Waals surface area contributed by atoms with Crippen LogP contribution in [0.1, 0.15) is 12.5 Å². The van der Waals surface area contributed by atoms with Crippen LogP contribution in [0, 0.1) is 0 Å². The smallest absolute Gasteiger partial charge is 0.152 e. The van der Waals surface area contributed by atoms with Crippen molar-refractivity contribution >= 4 is 15.5 Å². The lowest BCUT2D eigenvalue weighted by Crippen LogP contribution is -2.11. The lowest BCUT2D eigenvalue weighted by Gasteiger charge is -2.06. The summed E-state index contributed by atoms with van der Waals surface area (Å²) < 4.78 is 23.9. The fraction of sp³-hybridized carbons (Fsp3) is 0.571. The van der Waals surface area contributed by atoms with Crippen molar-refractivity contribution in [2.75, 3.05) is 17.2 Å². The molecule has 0 aliphatic carbocycles. The van der Waals surface area contributed by atoms with E-state index in [1.807, 2.05) is 0 Å². The van der Waals surface area contributed by atoms with E-state index in [-0.39, 0.29) is 17.5 Å². The Kier molecular flexibility index (Phi) is 1.80. The number of anilines is 1. The first-order chi connectivity index (χ1) is 6.07. The molecule has 2 N–H and O–H groups in total. The number of rotatable bonds is 1. The summed E-state index contributed by atoms with van der Waals surface area (Å²) in [6.07, 6.45) is 3.85. The molecule has 2 rings (SSSR count). The van der Waals surface area contributed by atoms with Crippen molar-refractivity contribution in [1.29, 1.82) is 0 Å². The highest BCUT2D eigenvalue weighted by Crippen LogP contribution is 2.23. The molecule has 6 heteroatoms. The van der Waals surface area contributed by atoms with E-state index in [9.17, 15) is 8.42 Å². The monoisotopic (exact) mass is 201 g/mol. The highest BCUT2D eigenvalue weighted by Gasteiger charge is 2.29. The van der Waals surface area contributed by atoms with Gasteiger partial charge in [-0.15, -0.1) is 0 Å². The summed E-state index contributed by atoms with van der Waals surface area (Å²) in [6, 6.07) is -0.0256. The zero-order valence-electron chi connectivity index (χ0n) is 7.05. The SMILES string of the molecule is Nc1cnn(C2CCS(=O)(=O)C2)c1. The second-order valence-electron chi connectivity index (χ2n) is 3.31. The Bertz CT molecular complexity index is 409. The van der Waals surface area contributed by atoms with Crippen molar-refractivity contribution in [3.05, 3.63) is 12.4 Å². The van der Waals surface area contributed by atoms with Crippen LogP contribution in [0.4, 0.5) is 5.69 Å². The van der Waals surface area contributed by atoms with E-state index < -0.39 is 9.84 Å². The van der Waals surface area contributed by atoms with Gasteiger partial charge in [0.25, 0.3) is 0 Å². The minimum Gasteiger partial charge on any atom is -0.396 e. The van der Waals surface area contributed by atoms with Gasteiger partial charge >= 0.3 is 0 Å². The van der Waals surface area contributed by atoms with E-state index in [1.165, 1.54) is 6.20 Å². The normalized spacial score (nSPS) is 26.3. The molecule has 0 amide bonds. The van der Waals surface area contributed by atoms with Gasteiger partial charge < -0.3 is 5.73 Å². The molecular formula is C7H11N3O2S. The molecule has 0 bridgehead atoms. The maximum Gasteiger partial charge on any atom is 0.152 e. The van der Waals surface area contributed by atoms with Gasteiger partial charge in [0.1, 0.15) is 0 Å². The average molecular weight is 201 g/mol. The van der Waals surface area contributed by atoms with Crippen molar-refractivity contribution in [3.8, 4) is 0 Å². The second kappa shape index (κ2) is 2.73. The molecular weight excluding hydrogens is 190 g/mol. The van der Waals surface area contributed by atoms with E-state index in [1.54, 1.807) is 10.9 Å². The zero-order valence-corrected chi connectivity index (χ0v) is 7.87. The van der Waals surface area contributed by atoms with Crippen LogP contribution < -0.4 is 5.73 Å². The van der Waals surface area contributed by atoms with Crippen LogP contribution in [0.2, 0.25) is 0 Å². The molecule has 72 valence electrons. The van der Waals surface area contributed by atoms with E-state index in [2.05, 4.69) is 5.10 Å². The fourth-order valence-corrected chi connectivity index (χ4v) is 3.24. The van der Waals surface area contributed by atoms with Gasteiger partial charge in [0, 0.05) is 6.20 Å². The molecule has 1 fully saturated rings. The Hall–Kier alpha value is -1.04. The summed E-state index contributed by atoms with van der Waals surface area (Å²) in [6.45, 7) is 0. The predicted molar refractivity (Wildman–Crippen MR) is 48.9 cm³/mol. The number of nitrogens with zero attached hydrogens (tertiary/aromatic N) is 2. The molecule has 1 saturated heterocycles. The first-order valence-electron chi connectivity index (χ1n) is 4.07. The topological polar surface area (TPSA) is 78.0 Å². The van der Waals surface area contributed by atoms with Crippen molar-refractivity contribution < 1.29 is 8.42 Å². The quantitative estimate of drug-likeness (QED) is 0.684. The lowest BCUT2D eigenvalue weighted by atomic mass is 10.3. The summed E-state index contributed by atoms with van der Waals surface area (Å²) in [7, 11) is -2.84. The maximum absolute atomic E-state index is 11.1. The minimum absolute atomic E-state index is 0.0256. The molecule has 0 radical (unpaired) electrons. The van der Waals surface area contributed by atoms with Crippen molar-refractivity contribution in [2.45, 2.75) is 12.5 Å². The number of sulfone groups is 1. The van der Waals surface area contributed by atoms with E-state index >= 15 is 0 Å². The fourth-order valence-electron chi connectivity index (χ4n) is 1.54. The van der Waals surface area contributed by atoms with Gasteiger partial charge in [0.05, 0.1) is 29.4 Å². The molecule has 0 spiro atoms. The van der Waals surface area contributed by atoms with E-state index in [0.29, 0.717) is 12.1 Å². The number of nitrogen functional groups attached to an aromatic ring is 1. The molecule has 1 aromatic rings. The van der Waals surface area contributed by atoms with Crippen LogP contribution in [0.25, 0.3) is 0 Å². The van der Waals surface area contributed by atoms with Crippen molar-refractivity contribution in [2.24, 2.45) is 0 Å². The second-order valence-corrected chi connectivity index (χ2v) is 5.54. The van der Waals surface area contributed by atoms with E-state index in [4.69, 9.17) is 5.73 Å². The first-order valence-corrected chi connectivity index (χ1v) is 5.89. The number of hydrogen-bond donors (Lipinski definition) is 1. The molecule has 0 aromatic carbocycles. The molecule has 5 nitrogen and oxygen atoms in total. The molecule has 1 unspecified atom stereocenters. The summed E-state index contributed by atoms with van der Waals surface area (Å²) in [4.78, 5) is 0. The van der Waals surface area contributed by atoms with Crippen molar-refractivity contribution in [3.63, 3.8) is 0 Å². The van der Waals surface area contributed by atoms with Crippen LogP contribution in [0.3, 0.4) is 0 Å². The molecule has 0 saturated carbocycles. The Labute approximate surface area is 76.5 Å². The average Bonchev–Trinajstić information content (AvgIpc) is 2.56. The number of nitrogens with two attached hydrogens (primary N) is 1. The summed E-state index contributed by atoms with van der Waals surface area (Å²) in [5.74, 6) is 0.450. The Morgan fingerprint density at radius 1 is 1.62 bits per heavy atom. The Morgan fingerprint density at radius 2 is 2.38 bits per heavy atom. The Morgan fingerprint density at radius 3 is 2.85 bits per heavy atom. The molecule has 13 heavy (non-hydrogen) atoms. The summed E-state index contributed by atoms with van der Waals surface area (Å²) in [5, 5.41) is 3.99. The third kappa shape index (κ3) is 1.67. The maximum atomic E-state index is 11.1. The van der Waals surface area contributed by atoms with E-state index in [0.717, 1.165) is 0 Å². The molecule has 1 aliphatic heterocycles. The number of aromatic nitrogens is 2. The van der Waals surface area contributed by atoms with Crippen LogP contribution in [-0.2, 0) is 9.84 Å². The van der Waals surface area contributed by atoms with Gasteiger partial charge in [0.15, 0.2) is 9.84 Å². The molecule has 2 heterocycles. The largest absolute Gasteiger partial charge is 0.396 e. The summed E-state index contributed by atoms with van der Waals surface area (Å²) >= 11 is 0. The van der Waals surface area contributed by atoms with Gasteiger partial charge in [-0.25, -0.2) is 8.42 Å². The molecule has 1 atom stereocenters. The number of hydrogen-bond acceptors (Lipinski definition) is 4. The van der Waals surface area contributed by atoms with Gasteiger partial charge in [-0.3, -0.25) is 4.68 Å². The van der Waals surface area contributed by atoms with Gasteiger partial charge in [-0.2, -0.15) is 5.10 Å². The van der Waals surface area contributed by atoms with Crippen LogP contribution >= 0.6 is 0 Å². The van der Waals surface area contributed by atoms with Crippen LogP contribution in [-0.4, -0.2) is 29.7 Å². The lowest BCUT2D eigenvalue weighted by molar-refractivity contribution is 0.500. The zero-order chi connectivity index (χ0) is 9.47. The standard InChI is InChI=1S/C7H11N3O2S/c8-6-3-9-10(4-6)7-1-2-13(11,12)5-7/h3-4,7H,1-2,5,8H2. The molecule has 1 aromatic heterocycles. The predicted octanol–water partition coefficient (Wildman–Crippen LogP) is -0.175. The Balaban J connectivity index is 2.21. The third-order valence-corrected chi connectivity index (χ3v) is 3.95. The van der Waals surface area contributed by atoms with Gasteiger partial charge in [-0.05, 0) is 6.42 Å². The third-order valence-electron chi connectivity index (χ3n) is 2.20. The first kappa shape index (κ1) is 8.55. The van der Waals surface area contributed by atoms with Crippen LogP contribution in [0.15, 0.2) is 12.4 Å².